The highest BCUT2D eigenvalue weighted by Gasteiger charge is 2.16. The van der Waals surface area contributed by atoms with Crippen LogP contribution in [0.3, 0.4) is 0 Å². The molecule has 2 N–H and O–H groups in total. The Morgan fingerprint density at radius 2 is 1.62 bits per heavy atom. The molecular formula is C21H20N2O. The summed E-state index contributed by atoms with van der Waals surface area (Å²) in [6, 6.07) is 20.4. The summed E-state index contributed by atoms with van der Waals surface area (Å²) in [6.45, 7) is 6.34. The molecular weight excluding hydrogens is 296 g/mol. The Kier molecular flexibility index (Phi) is 4.34. The molecule has 0 atom stereocenters. The Labute approximate surface area is 142 Å². The first-order valence-corrected chi connectivity index (χ1v) is 7.88. The zero-order chi connectivity index (χ0) is 17.1. The van der Waals surface area contributed by atoms with Gasteiger partial charge in [-0.2, -0.15) is 0 Å². The molecule has 0 aliphatic carbocycles. The number of rotatable bonds is 5. The van der Waals surface area contributed by atoms with Gasteiger partial charge in [0.25, 0.3) is 5.91 Å². The van der Waals surface area contributed by atoms with Crippen molar-refractivity contribution in [2.45, 2.75) is 13.5 Å². The average molecular weight is 316 g/mol. The summed E-state index contributed by atoms with van der Waals surface area (Å²) >= 11 is 0. The second-order valence-corrected chi connectivity index (χ2v) is 5.74. The average Bonchev–Trinajstić information content (AvgIpc) is 2.93. The maximum absolute atomic E-state index is 11.6. The fourth-order valence-corrected chi connectivity index (χ4v) is 2.96. The van der Waals surface area contributed by atoms with Gasteiger partial charge in [0, 0.05) is 17.9 Å². The first kappa shape index (κ1) is 15.8. The van der Waals surface area contributed by atoms with Crippen LogP contribution in [-0.2, 0) is 6.54 Å². The SMILES string of the molecule is C=CCn1c(-c2ccc(-c3ccccc3)cc2)cc(C(N)=O)c1C. The minimum Gasteiger partial charge on any atom is -0.366 e. The molecule has 3 heteroatoms. The molecule has 0 unspecified atom stereocenters. The van der Waals surface area contributed by atoms with Crippen molar-refractivity contribution in [3.63, 3.8) is 0 Å². The Balaban J connectivity index is 2.04. The number of carbonyl (C=O) groups is 1. The highest BCUT2D eigenvalue weighted by atomic mass is 16.1. The number of allylic oxidation sites excluding steroid dienone is 1. The summed E-state index contributed by atoms with van der Waals surface area (Å²) < 4.78 is 2.06. The number of hydrogen-bond donors (Lipinski definition) is 1. The first-order valence-electron chi connectivity index (χ1n) is 7.88. The van der Waals surface area contributed by atoms with Crippen molar-refractivity contribution in [2.75, 3.05) is 0 Å². The van der Waals surface area contributed by atoms with E-state index in [-0.39, 0.29) is 0 Å². The van der Waals surface area contributed by atoms with Gasteiger partial charge in [0.05, 0.1) is 5.56 Å². The van der Waals surface area contributed by atoms with E-state index in [9.17, 15) is 4.79 Å². The number of amides is 1. The standard InChI is InChI=1S/C21H20N2O/c1-3-13-23-15(2)19(21(22)24)14-20(23)18-11-9-17(10-12-18)16-7-5-4-6-8-16/h3-12,14H,1,13H2,2H3,(H2,22,24). The second kappa shape index (κ2) is 6.59. The van der Waals surface area contributed by atoms with Crippen molar-refractivity contribution in [1.82, 2.24) is 4.57 Å². The molecule has 3 aromatic rings. The molecule has 1 amide bonds. The van der Waals surface area contributed by atoms with Gasteiger partial charge in [-0.3, -0.25) is 4.79 Å². The van der Waals surface area contributed by atoms with Crippen LogP contribution < -0.4 is 5.73 Å². The van der Waals surface area contributed by atoms with Crippen molar-refractivity contribution in [3.8, 4) is 22.4 Å². The number of benzene rings is 2. The lowest BCUT2D eigenvalue weighted by atomic mass is 10.0. The first-order chi connectivity index (χ1) is 11.6. The Bertz CT molecular complexity index is 874. The molecule has 0 spiro atoms. The molecule has 0 fully saturated rings. The van der Waals surface area contributed by atoms with Gasteiger partial charge in [-0.1, -0.05) is 60.7 Å². The zero-order valence-electron chi connectivity index (χ0n) is 13.7. The molecule has 0 aliphatic rings. The monoisotopic (exact) mass is 316 g/mol. The molecule has 1 aromatic heterocycles. The molecule has 1 heterocycles. The van der Waals surface area contributed by atoms with Crippen LogP contribution in [0.4, 0.5) is 0 Å². The fraction of sp³-hybridized carbons (Fsp3) is 0.0952. The lowest BCUT2D eigenvalue weighted by molar-refractivity contribution is 0.0999. The van der Waals surface area contributed by atoms with E-state index < -0.39 is 5.91 Å². The van der Waals surface area contributed by atoms with E-state index in [4.69, 9.17) is 5.73 Å². The van der Waals surface area contributed by atoms with Crippen LogP contribution in [-0.4, -0.2) is 10.5 Å². The summed E-state index contributed by atoms with van der Waals surface area (Å²) in [4.78, 5) is 11.6. The van der Waals surface area contributed by atoms with Crippen molar-refractivity contribution in [2.24, 2.45) is 5.73 Å². The third kappa shape index (κ3) is 2.88. The smallest absolute Gasteiger partial charge is 0.250 e. The highest BCUT2D eigenvalue weighted by molar-refractivity contribution is 5.95. The summed E-state index contributed by atoms with van der Waals surface area (Å²) in [6.07, 6.45) is 1.82. The Morgan fingerprint density at radius 3 is 2.21 bits per heavy atom. The number of nitrogens with zero attached hydrogens (tertiary/aromatic N) is 1. The predicted octanol–water partition coefficient (Wildman–Crippen LogP) is 4.42. The van der Waals surface area contributed by atoms with E-state index in [1.54, 1.807) is 0 Å². The van der Waals surface area contributed by atoms with Crippen LogP contribution in [0, 0.1) is 6.92 Å². The molecule has 0 bridgehead atoms. The molecule has 0 aliphatic heterocycles. The Morgan fingerprint density at radius 1 is 1.04 bits per heavy atom. The molecule has 3 rings (SSSR count). The molecule has 120 valence electrons. The lowest BCUT2D eigenvalue weighted by Gasteiger charge is -2.10. The number of nitrogens with two attached hydrogens (primary N) is 1. The summed E-state index contributed by atoms with van der Waals surface area (Å²) in [5.41, 5.74) is 11.3. The molecule has 0 saturated carbocycles. The van der Waals surface area contributed by atoms with Gasteiger partial charge in [0.2, 0.25) is 0 Å². The molecule has 3 nitrogen and oxygen atoms in total. The largest absolute Gasteiger partial charge is 0.366 e. The number of hydrogen-bond acceptors (Lipinski definition) is 1. The Hall–Kier alpha value is -3.07. The van der Waals surface area contributed by atoms with Crippen molar-refractivity contribution in [3.05, 3.63) is 84.6 Å². The minimum absolute atomic E-state index is 0.405. The summed E-state index contributed by atoms with van der Waals surface area (Å²) in [5.74, 6) is -0.405. The number of carbonyl (C=O) groups excluding carboxylic acids is 1. The van der Waals surface area contributed by atoms with Crippen LogP contribution in [0.1, 0.15) is 16.1 Å². The zero-order valence-corrected chi connectivity index (χ0v) is 13.7. The van der Waals surface area contributed by atoms with Gasteiger partial charge >= 0.3 is 0 Å². The second-order valence-electron chi connectivity index (χ2n) is 5.74. The van der Waals surface area contributed by atoms with Gasteiger partial charge < -0.3 is 10.3 Å². The van der Waals surface area contributed by atoms with Crippen molar-refractivity contribution >= 4 is 5.91 Å². The van der Waals surface area contributed by atoms with E-state index in [1.165, 1.54) is 5.56 Å². The minimum atomic E-state index is -0.405. The van der Waals surface area contributed by atoms with Crippen molar-refractivity contribution < 1.29 is 4.79 Å². The quantitative estimate of drug-likeness (QED) is 0.696. The van der Waals surface area contributed by atoms with Crippen LogP contribution in [0.25, 0.3) is 22.4 Å². The molecule has 24 heavy (non-hydrogen) atoms. The van der Waals surface area contributed by atoms with Crippen molar-refractivity contribution in [1.29, 1.82) is 0 Å². The van der Waals surface area contributed by atoms with E-state index in [0.29, 0.717) is 12.1 Å². The third-order valence-corrected chi connectivity index (χ3v) is 4.23. The van der Waals surface area contributed by atoms with Gasteiger partial charge in [-0.25, -0.2) is 0 Å². The lowest BCUT2D eigenvalue weighted by Crippen LogP contribution is -2.12. The maximum Gasteiger partial charge on any atom is 0.250 e. The van der Waals surface area contributed by atoms with Gasteiger partial charge in [-0.05, 0) is 29.7 Å². The van der Waals surface area contributed by atoms with E-state index in [2.05, 4.69) is 47.5 Å². The number of aromatic nitrogens is 1. The highest BCUT2D eigenvalue weighted by Crippen LogP contribution is 2.28. The molecule has 2 aromatic carbocycles. The van der Waals surface area contributed by atoms with Crippen LogP contribution in [0.2, 0.25) is 0 Å². The van der Waals surface area contributed by atoms with E-state index in [1.807, 2.05) is 37.3 Å². The van der Waals surface area contributed by atoms with Gasteiger partial charge in [0.15, 0.2) is 0 Å². The van der Waals surface area contributed by atoms with E-state index >= 15 is 0 Å². The van der Waals surface area contributed by atoms with Gasteiger partial charge in [0.1, 0.15) is 0 Å². The molecule has 0 radical (unpaired) electrons. The van der Waals surface area contributed by atoms with Crippen LogP contribution >= 0.6 is 0 Å². The third-order valence-electron chi connectivity index (χ3n) is 4.23. The summed E-state index contributed by atoms with van der Waals surface area (Å²) in [5, 5.41) is 0. The number of primary amides is 1. The topological polar surface area (TPSA) is 48.0 Å². The predicted molar refractivity (Wildman–Crippen MR) is 98.8 cm³/mol. The normalized spacial score (nSPS) is 10.5. The van der Waals surface area contributed by atoms with Crippen LogP contribution in [0.5, 0.6) is 0 Å². The molecule has 0 saturated heterocycles. The summed E-state index contributed by atoms with van der Waals surface area (Å²) in [7, 11) is 0. The fourth-order valence-electron chi connectivity index (χ4n) is 2.96. The van der Waals surface area contributed by atoms with Gasteiger partial charge in [-0.15, -0.1) is 6.58 Å². The maximum atomic E-state index is 11.6. The van der Waals surface area contributed by atoms with E-state index in [0.717, 1.165) is 22.5 Å². The van der Waals surface area contributed by atoms with Crippen LogP contribution in [0.15, 0.2) is 73.3 Å².